The first kappa shape index (κ1) is 11.6. The van der Waals surface area contributed by atoms with Crippen molar-refractivity contribution in [2.24, 2.45) is 0 Å². The van der Waals surface area contributed by atoms with Crippen LogP contribution in [0.5, 0.6) is 0 Å². The summed E-state index contributed by atoms with van der Waals surface area (Å²) >= 11 is 4.04. The van der Waals surface area contributed by atoms with Crippen LogP contribution in [0.25, 0.3) is 0 Å². The van der Waals surface area contributed by atoms with Crippen molar-refractivity contribution in [1.29, 1.82) is 0 Å². The molecule has 2 aromatic rings. The molecule has 82 valence electrons. The quantitative estimate of drug-likeness (QED) is 0.602. The number of hydrogen-bond acceptors (Lipinski definition) is 0. The van der Waals surface area contributed by atoms with Crippen molar-refractivity contribution in [3.05, 3.63) is 60.7 Å². The largest absolute Gasteiger partial charge is 0.190 e. The average Bonchev–Trinajstić information content (AvgIpc) is 2.40. The summed E-state index contributed by atoms with van der Waals surface area (Å²) in [7, 11) is 0. The van der Waals surface area contributed by atoms with E-state index in [2.05, 4.69) is 82.9 Å². The average molecular weight is 291 g/mol. The van der Waals surface area contributed by atoms with Crippen molar-refractivity contribution in [2.45, 2.75) is 13.0 Å². The maximum atomic E-state index is 4.04. The Balaban J connectivity index is 2.49. The van der Waals surface area contributed by atoms with Gasteiger partial charge in [0, 0.05) is 0 Å². The molecule has 0 aliphatic rings. The lowest BCUT2D eigenvalue weighted by molar-refractivity contribution is 1.43. The lowest BCUT2D eigenvalue weighted by Crippen LogP contribution is -2.52. The first-order chi connectivity index (χ1) is 7.77. The lowest BCUT2D eigenvalue weighted by Gasteiger charge is -2.24. The molecule has 2 heteroatoms. The van der Waals surface area contributed by atoms with Gasteiger partial charge in [-0.1, -0.05) is 67.6 Å². The molecule has 0 saturated carbocycles. The highest BCUT2D eigenvalue weighted by Crippen LogP contribution is 2.17. The Hall–Kier alpha value is -0.863. The van der Waals surface area contributed by atoms with Crippen molar-refractivity contribution < 1.29 is 0 Å². The molecule has 0 amide bonds. The van der Waals surface area contributed by atoms with Gasteiger partial charge in [0.05, 0.1) is 0 Å². The number of rotatable bonds is 3. The van der Waals surface area contributed by atoms with Gasteiger partial charge in [0.25, 0.3) is 0 Å². The molecular formula is C14H15BrSi. The molecule has 0 bridgehead atoms. The van der Waals surface area contributed by atoms with E-state index in [0.29, 0.717) is 0 Å². The summed E-state index contributed by atoms with van der Waals surface area (Å²) in [5.74, 6) is 0. The molecule has 0 nitrogen and oxygen atoms in total. The number of hydrogen-bond donors (Lipinski definition) is 0. The Kier molecular flexibility index (Phi) is 3.61. The summed E-state index contributed by atoms with van der Waals surface area (Å²) < 4.78 is 0. The zero-order valence-corrected chi connectivity index (χ0v) is 11.9. The SMILES string of the molecule is CC[Si](Br)(c1ccccc1)c1ccccc1. The molecule has 0 spiro atoms. The highest BCUT2D eigenvalue weighted by molar-refractivity contribution is 9.27. The van der Waals surface area contributed by atoms with Crippen LogP contribution in [0.2, 0.25) is 6.04 Å². The Bertz CT molecular complexity index is 399. The minimum atomic E-state index is -1.66. The summed E-state index contributed by atoms with van der Waals surface area (Å²) in [6.07, 6.45) is 0. The van der Waals surface area contributed by atoms with Crippen molar-refractivity contribution in [2.75, 3.05) is 0 Å². The van der Waals surface area contributed by atoms with E-state index in [4.69, 9.17) is 0 Å². The summed E-state index contributed by atoms with van der Waals surface area (Å²) in [6, 6.07) is 22.7. The minimum Gasteiger partial charge on any atom is -0.114 e. The number of benzene rings is 2. The summed E-state index contributed by atoms with van der Waals surface area (Å²) in [5.41, 5.74) is 0. The molecule has 2 aromatic carbocycles. The van der Waals surface area contributed by atoms with Crippen LogP contribution in [0.3, 0.4) is 0 Å². The first-order valence-corrected chi connectivity index (χ1v) is 10.0. The fourth-order valence-electron chi connectivity index (χ4n) is 1.98. The van der Waals surface area contributed by atoms with Crippen LogP contribution in [-0.4, -0.2) is 6.69 Å². The van der Waals surface area contributed by atoms with E-state index in [1.807, 2.05) is 0 Å². The van der Waals surface area contributed by atoms with Crippen molar-refractivity contribution in [3.63, 3.8) is 0 Å². The van der Waals surface area contributed by atoms with Gasteiger partial charge in [0.1, 0.15) is 0 Å². The monoisotopic (exact) mass is 290 g/mol. The van der Waals surface area contributed by atoms with Crippen LogP contribution in [0.15, 0.2) is 60.7 Å². The topological polar surface area (TPSA) is 0 Å². The second-order valence-electron chi connectivity index (χ2n) is 3.89. The van der Waals surface area contributed by atoms with Gasteiger partial charge in [-0.25, -0.2) is 0 Å². The van der Waals surface area contributed by atoms with E-state index in [9.17, 15) is 0 Å². The highest BCUT2D eigenvalue weighted by atomic mass is 79.9. The number of halogens is 1. The summed E-state index contributed by atoms with van der Waals surface area (Å²) in [5, 5.41) is 2.90. The zero-order valence-electron chi connectivity index (χ0n) is 9.36. The fourth-order valence-corrected chi connectivity index (χ4v) is 6.16. The Morgan fingerprint density at radius 2 is 1.19 bits per heavy atom. The van der Waals surface area contributed by atoms with Crippen molar-refractivity contribution in [3.8, 4) is 0 Å². The molecule has 0 saturated heterocycles. The third-order valence-corrected chi connectivity index (χ3v) is 10.9. The second kappa shape index (κ2) is 4.98. The van der Waals surface area contributed by atoms with Crippen LogP contribution in [0.1, 0.15) is 6.92 Å². The molecule has 16 heavy (non-hydrogen) atoms. The zero-order chi connectivity index (χ0) is 11.4. The molecule has 0 atom stereocenters. The van der Waals surface area contributed by atoms with Crippen LogP contribution in [0.4, 0.5) is 0 Å². The summed E-state index contributed by atoms with van der Waals surface area (Å²) in [6.45, 7) is 0.602. The van der Waals surface area contributed by atoms with Crippen LogP contribution in [-0.2, 0) is 0 Å². The third-order valence-electron chi connectivity index (χ3n) is 2.95. The van der Waals surface area contributed by atoms with E-state index in [-0.39, 0.29) is 0 Å². The van der Waals surface area contributed by atoms with E-state index in [1.54, 1.807) is 0 Å². The third kappa shape index (κ3) is 2.13. The summed E-state index contributed by atoms with van der Waals surface area (Å²) in [4.78, 5) is 0. The van der Waals surface area contributed by atoms with Gasteiger partial charge in [-0.15, -0.1) is 15.3 Å². The molecule has 0 heterocycles. The van der Waals surface area contributed by atoms with Gasteiger partial charge >= 0.3 is 0 Å². The molecule has 0 fully saturated rings. The van der Waals surface area contributed by atoms with Crippen LogP contribution >= 0.6 is 15.3 Å². The lowest BCUT2D eigenvalue weighted by atomic mass is 10.4. The standard InChI is InChI=1S/C14H15BrSi/c1-2-16(15,13-9-5-3-6-10-13)14-11-7-4-8-12-14/h3-12H,2H2,1H3. The fraction of sp³-hybridized carbons (Fsp3) is 0.143. The molecule has 0 aliphatic carbocycles. The van der Waals surface area contributed by atoms with E-state index >= 15 is 0 Å². The van der Waals surface area contributed by atoms with Gasteiger partial charge in [-0.3, -0.25) is 0 Å². The minimum absolute atomic E-state index is 1.17. The van der Waals surface area contributed by atoms with Crippen molar-refractivity contribution in [1.82, 2.24) is 0 Å². The van der Waals surface area contributed by atoms with Gasteiger partial charge in [0.2, 0.25) is 0 Å². The van der Waals surface area contributed by atoms with Gasteiger partial charge in [0.15, 0.2) is 6.69 Å². The van der Waals surface area contributed by atoms with Crippen LogP contribution < -0.4 is 10.4 Å². The maximum Gasteiger partial charge on any atom is 0.190 e. The molecule has 0 N–H and O–H groups in total. The predicted molar refractivity (Wildman–Crippen MR) is 77.3 cm³/mol. The highest BCUT2D eigenvalue weighted by Gasteiger charge is 2.31. The van der Waals surface area contributed by atoms with Gasteiger partial charge in [-0.05, 0) is 16.4 Å². The molecule has 0 unspecified atom stereocenters. The molecular weight excluding hydrogens is 276 g/mol. The maximum absolute atomic E-state index is 4.04. The molecule has 0 radical (unpaired) electrons. The Morgan fingerprint density at radius 3 is 1.50 bits per heavy atom. The molecule has 0 aliphatic heterocycles. The second-order valence-corrected chi connectivity index (χ2v) is 11.4. The van der Waals surface area contributed by atoms with Gasteiger partial charge < -0.3 is 0 Å². The molecule has 0 aromatic heterocycles. The molecule has 2 rings (SSSR count). The van der Waals surface area contributed by atoms with Crippen molar-refractivity contribution >= 4 is 32.4 Å². The Labute approximate surface area is 106 Å². The van der Waals surface area contributed by atoms with E-state index < -0.39 is 6.69 Å². The Morgan fingerprint density at radius 1 is 0.812 bits per heavy atom. The first-order valence-electron chi connectivity index (χ1n) is 5.57. The van der Waals surface area contributed by atoms with E-state index in [1.165, 1.54) is 16.4 Å². The van der Waals surface area contributed by atoms with Gasteiger partial charge in [-0.2, -0.15) is 0 Å². The predicted octanol–water partition coefficient (Wildman–Crippen LogP) is 3.16. The van der Waals surface area contributed by atoms with Crippen LogP contribution in [0, 0.1) is 0 Å². The normalized spacial score (nSPS) is 11.4. The smallest absolute Gasteiger partial charge is 0.114 e. The van der Waals surface area contributed by atoms with E-state index in [0.717, 1.165) is 0 Å².